The molecule has 0 bridgehead atoms. The summed E-state index contributed by atoms with van der Waals surface area (Å²) in [5.41, 5.74) is 12.7. The SMILES string of the molecule is COc1cc(Cl)cc(/C=C/c2cc(C)c(/C(CCN)=C3/C=CC=[N+]3C)n2C)c1OC. The number of benzene rings is 1. The number of hydrogen-bond donors (Lipinski definition) is 1. The van der Waals surface area contributed by atoms with Gasteiger partial charge in [0, 0.05) is 47.1 Å². The van der Waals surface area contributed by atoms with Gasteiger partial charge in [0.25, 0.3) is 0 Å². The quantitative estimate of drug-likeness (QED) is 0.662. The number of nitrogens with zero attached hydrogens (tertiary/aromatic N) is 2. The smallest absolute Gasteiger partial charge is 0.210 e. The summed E-state index contributed by atoms with van der Waals surface area (Å²) in [7, 11) is 7.37. The van der Waals surface area contributed by atoms with Crippen LogP contribution >= 0.6 is 11.6 Å². The summed E-state index contributed by atoms with van der Waals surface area (Å²) in [5.74, 6) is 1.26. The molecule has 0 saturated heterocycles. The molecule has 1 aliphatic rings. The van der Waals surface area contributed by atoms with Crippen molar-refractivity contribution in [3.63, 3.8) is 0 Å². The van der Waals surface area contributed by atoms with Crippen molar-refractivity contribution in [1.29, 1.82) is 0 Å². The molecule has 2 heterocycles. The van der Waals surface area contributed by atoms with Gasteiger partial charge in [-0.25, -0.2) is 4.58 Å². The third-order valence-electron chi connectivity index (χ3n) is 5.30. The third-order valence-corrected chi connectivity index (χ3v) is 5.52. The van der Waals surface area contributed by atoms with E-state index in [9.17, 15) is 0 Å². The van der Waals surface area contributed by atoms with Gasteiger partial charge < -0.3 is 19.8 Å². The third kappa shape index (κ3) is 4.23. The van der Waals surface area contributed by atoms with Crippen LogP contribution in [-0.4, -0.2) is 43.2 Å². The number of aromatic nitrogens is 1. The van der Waals surface area contributed by atoms with Crippen molar-refractivity contribution in [3.8, 4) is 11.5 Å². The Bertz CT molecular complexity index is 1070. The molecule has 2 aromatic rings. The van der Waals surface area contributed by atoms with Crippen molar-refractivity contribution in [2.24, 2.45) is 12.8 Å². The standard InChI is InChI=1S/C24H29ClN3O2/c1-16-13-19(9-8-17-14-18(25)15-22(29-4)24(17)30-5)28(3)23(16)20(10-11-26)21-7-6-12-27(21)2/h6-9,12-15H,10-11,26H2,1-5H3/q+1/b9-8+. The van der Waals surface area contributed by atoms with Crippen molar-refractivity contribution in [2.45, 2.75) is 13.3 Å². The highest BCUT2D eigenvalue weighted by molar-refractivity contribution is 6.31. The lowest BCUT2D eigenvalue weighted by atomic mass is 10.0. The molecule has 30 heavy (non-hydrogen) atoms. The van der Waals surface area contributed by atoms with E-state index in [1.54, 1.807) is 20.3 Å². The van der Waals surface area contributed by atoms with Crippen LogP contribution in [-0.2, 0) is 7.05 Å². The van der Waals surface area contributed by atoms with Crippen LogP contribution in [0, 0.1) is 6.92 Å². The van der Waals surface area contributed by atoms with E-state index in [4.69, 9.17) is 26.8 Å². The molecular weight excluding hydrogens is 398 g/mol. The number of nitrogens with two attached hydrogens (primary N) is 1. The summed E-state index contributed by atoms with van der Waals surface area (Å²) in [5, 5.41) is 0.596. The van der Waals surface area contributed by atoms with Gasteiger partial charge in [-0.15, -0.1) is 0 Å². The van der Waals surface area contributed by atoms with Gasteiger partial charge in [-0.1, -0.05) is 11.6 Å². The Morgan fingerprint density at radius 3 is 2.57 bits per heavy atom. The Morgan fingerprint density at radius 1 is 1.20 bits per heavy atom. The van der Waals surface area contributed by atoms with E-state index in [0.717, 1.165) is 17.7 Å². The summed E-state index contributed by atoms with van der Waals surface area (Å²) in [6, 6.07) is 5.79. The van der Waals surface area contributed by atoms with Crippen molar-refractivity contribution >= 4 is 35.5 Å². The molecule has 0 saturated carbocycles. The first-order chi connectivity index (χ1) is 14.4. The average molecular weight is 427 g/mol. The van der Waals surface area contributed by atoms with Crippen molar-refractivity contribution in [3.05, 3.63) is 63.6 Å². The van der Waals surface area contributed by atoms with Crippen LogP contribution in [0.4, 0.5) is 0 Å². The predicted octanol–water partition coefficient (Wildman–Crippen LogP) is 4.52. The topological polar surface area (TPSA) is 52.4 Å². The lowest BCUT2D eigenvalue weighted by Gasteiger charge is -2.12. The maximum Gasteiger partial charge on any atom is 0.210 e. The van der Waals surface area contributed by atoms with Crippen LogP contribution in [0.5, 0.6) is 11.5 Å². The molecule has 2 N–H and O–H groups in total. The normalized spacial score (nSPS) is 15.1. The summed E-state index contributed by atoms with van der Waals surface area (Å²) in [6.45, 7) is 2.73. The molecule has 0 radical (unpaired) electrons. The van der Waals surface area contributed by atoms with Gasteiger partial charge in [0.05, 0.1) is 19.9 Å². The molecule has 0 aliphatic carbocycles. The van der Waals surface area contributed by atoms with E-state index in [2.05, 4.69) is 60.7 Å². The predicted molar refractivity (Wildman–Crippen MR) is 126 cm³/mol. The van der Waals surface area contributed by atoms with Gasteiger partial charge in [0.15, 0.2) is 17.7 Å². The van der Waals surface area contributed by atoms with E-state index >= 15 is 0 Å². The average Bonchev–Trinajstić information content (AvgIpc) is 3.26. The van der Waals surface area contributed by atoms with E-state index in [1.807, 2.05) is 12.1 Å². The maximum absolute atomic E-state index is 6.26. The molecule has 0 spiro atoms. The van der Waals surface area contributed by atoms with Crippen LogP contribution in [0.3, 0.4) is 0 Å². The largest absolute Gasteiger partial charge is 0.493 e. The lowest BCUT2D eigenvalue weighted by molar-refractivity contribution is -0.428. The first kappa shape index (κ1) is 21.9. The van der Waals surface area contributed by atoms with Gasteiger partial charge in [0.1, 0.15) is 7.05 Å². The fourth-order valence-electron chi connectivity index (χ4n) is 3.93. The second-order valence-corrected chi connectivity index (χ2v) is 7.68. The number of ether oxygens (including phenoxy) is 2. The number of aryl methyl sites for hydroxylation is 1. The highest BCUT2D eigenvalue weighted by Crippen LogP contribution is 2.36. The van der Waals surface area contributed by atoms with Gasteiger partial charge >= 0.3 is 0 Å². The fourth-order valence-corrected chi connectivity index (χ4v) is 4.14. The minimum absolute atomic E-state index is 0.593. The number of rotatable bonds is 7. The molecule has 1 aliphatic heterocycles. The Morgan fingerprint density at radius 2 is 1.97 bits per heavy atom. The van der Waals surface area contributed by atoms with Crippen LogP contribution in [0.1, 0.15) is 28.9 Å². The Kier molecular flexibility index (Phi) is 6.85. The number of allylic oxidation sites excluding steroid dienone is 2. The first-order valence-corrected chi connectivity index (χ1v) is 10.2. The molecule has 5 nitrogen and oxygen atoms in total. The lowest BCUT2D eigenvalue weighted by Crippen LogP contribution is -2.10. The van der Waals surface area contributed by atoms with Crippen molar-refractivity contribution in [2.75, 3.05) is 27.8 Å². The molecular formula is C24H29ClN3O2+. The maximum atomic E-state index is 6.26. The Labute approximate surface area is 183 Å². The van der Waals surface area contributed by atoms with Crippen LogP contribution in [0.25, 0.3) is 17.7 Å². The summed E-state index contributed by atoms with van der Waals surface area (Å²) < 4.78 is 15.3. The van der Waals surface area contributed by atoms with E-state index in [0.29, 0.717) is 23.1 Å². The molecule has 1 aromatic heterocycles. The molecule has 3 rings (SSSR count). The van der Waals surface area contributed by atoms with Crippen molar-refractivity contribution in [1.82, 2.24) is 4.57 Å². The molecule has 0 amide bonds. The zero-order valence-electron chi connectivity index (χ0n) is 18.2. The summed E-state index contributed by atoms with van der Waals surface area (Å²) >= 11 is 6.26. The number of hydrogen-bond acceptors (Lipinski definition) is 3. The number of likely N-dealkylation sites (N-methyl/N-ethyl adjacent to an activating group) is 1. The molecule has 0 atom stereocenters. The second kappa shape index (κ2) is 9.37. The summed E-state index contributed by atoms with van der Waals surface area (Å²) in [6.07, 6.45) is 11.1. The summed E-state index contributed by atoms with van der Waals surface area (Å²) in [4.78, 5) is 0. The van der Waals surface area contributed by atoms with E-state index in [-0.39, 0.29) is 0 Å². The molecule has 1 aromatic carbocycles. The van der Waals surface area contributed by atoms with Gasteiger partial charge in [-0.2, -0.15) is 0 Å². The first-order valence-electron chi connectivity index (χ1n) is 9.85. The molecule has 6 heteroatoms. The molecule has 158 valence electrons. The van der Waals surface area contributed by atoms with Crippen LogP contribution in [0.2, 0.25) is 5.02 Å². The molecule has 0 fully saturated rings. The number of halogens is 1. The Hall–Kier alpha value is -2.76. The number of methoxy groups -OCH3 is 2. The van der Waals surface area contributed by atoms with Crippen LogP contribution < -0.4 is 15.2 Å². The zero-order chi connectivity index (χ0) is 21.8. The highest BCUT2D eigenvalue weighted by Gasteiger charge is 2.22. The fraction of sp³-hybridized carbons (Fsp3) is 0.292. The minimum atomic E-state index is 0.593. The van der Waals surface area contributed by atoms with E-state index < -0.39 is 0 Å². The van der Waals surface area contributed by atoms with Gasteiger partial charge in [0.2, 0.25) is 5.70 Å². The van der Waals surface area contributed by atoms with Crippen molar-refractivity contribution < 1.29 is 14.0 Å². The molecule has 0 unspecified atom stereocenters. The zero-order valence-corrected chi connectivity index (χ0v) is 19.0. The minimum Gasteiger partial charge on any atom is -0.493 e. The van der Waals surface area contributed by atoms with Crippen LogP contribution in [0.15, 0.2) is 36.0 Å². The second-order valence-electron chi connectivity index (χ2n) is 7.25. The van der Waals surface area contributed by atoms with Gasteiger partial charge in [-0.3, -0.25) is 0 Å². The Balaban J connectivity index is 2.06. The van der Waals surface area contributed by atoms with E-state index in [1.165, 1.54) is 22.5 Å². The monoisotopic (exact) mass is 426 g/mol. The highest BCUT2D eigenvalue weighted by atomic mass is 35.5. The van der Waals surface area contributed by atoms with Gasteiger partial charge in [-0.05, 0) is 49.7 Å².